The van der Waals surface area contributed by atoms with Gasteiger partial charge in [0.05, 0.1) is 12.6 Å². The van der Waals surface area contributed by atoms with E-state index in [1.54, 1.807) is 25.4 Å². The summed E-state index contributed by atoms with van der Waals surface area (Å²) in [5.41, 5.74) is 4.64. The van der Waals surface area contributed by atoms with E-state index in [1.165, 1.54) is 0 Å². The van der Waals surface area contributed by atoms with Crippen molar-refractivity contribution in [1.29, 1.82) is 0 Å². The number of alkyl halides is 2. The largest absolute Gasteiger partial charge is 0.385 e. The van der Waals surface area contributed by atoms with Gasteiger partial charge in [-0.3, -0.25) is 4.79 Å². The van der Waals surface area contributed by atoms with Gasteiger partial charge in [-0.25, -0.2) is 13.8 Å². The third-order valence-electron chi connectivity index (χ3n) is 4.90. The predicted octanol–water partition coefficient (Wildman–Crippen LogP) is 4.35. The molecule has 158 valence electrons. The maximum atomic E-state index is 12.6. The van der Waals surface area contributed by atoms with Gasteiger partial charge in [-0.1, -0.05) is 19.4 Å². The highest BCUT2D eigenvalue weighted by molar-refractivity contribution is 5.76. The van der Waals surface area contributed by atoms with Crippen molar-refractivity contribution in [2.24, 2.45) is 0 Å². The van der Waals surface area contributed by atoms with Crippen molar-refractivity contribution in [3.05, 3.63) is 52.9 Å². The van der Waals surface area contributed by atoms with Crippen LogP contribution in [0.15, 0.2) is 41.8 Å². The lowest BCUT2D eigenvalue weighted by molar-refractivity contribution is -0.104. The molecule has 0 aliphatic carbocycles. The molecule has 0 fully saturated rings. The fraction of sp³-hybridized carbons (Fsp3) is 0.455. The Balaban J connectivity index is 2.43. The minimum absolute atomic E-state index is 0.129. The maximum absolute atomic E-state index is 12.6. The van der Waals surface area contributed by atoms with E-state index in [0.29, 0.717) is 12.1 Å². The monoisotopic (exact) mass is 404 g/mol. The van der Waals surface area contributed by atoms with Crippen molar-refractivity contribution in [1.82, 2.24) is 15.2 Å². The number of anilines is 1. The summed E-state index contributed by atoms with van der Waals surface area (Å²) in [6, 6.07) is 1.88. The van der Waals surface area contributed by atoms with E-state index in [1.807, 2.05) is 20.0 Å². The molecule has 29 heavy (non-hydrogen) atoms. The van der Waals surface area contributed by atoms with Crippen LogP contribution in [0.4, 0.5) is 14.6 Å². The summed E-state index contributed by atoms with van der Waals surface area (Å²) >= 11 is 0. The molecule has 5 nitrogen and oxygen atoms in total. The molecule has 0 bridgehead atoms. The van der Waals surface area contributed by atoms with E-state index in [4.69, 9.17) is 0 Å². The van der Waals surface area contributed by atoms with Gasteiger partial charge in [0.2, 0.25) is 0 Å². The predicted molar refractivity (Wildman–Crippen MR) is 114 cm³/mol. The fourth-order valence-electron chi connectivity index (χ4n) is 3.40. The molecule has 2 rings (SSSR count). The van der Waals surface area contributed by atoms with E-state index in [9.17, 15) is 13.6 Å². The Hall–Kier alpha value is -2.70. The lowest BCUT2D eigenvalue weighted by atomic mass is 10.0. The van der Waals surface area contributed by atoms with Crippen molar-refractivity contribution >= 4 is 17.8 Å². The van der Waals surface area contributed by atoms with Gasteiger partial charge in [0.1, 0.15) is 12.1 Å². The van der Waals surface area contributed by atoms with Gasteiger partial charge in [-0.15, -0.1) is 0 Å². The second kappa shape index (κ2) is 10.7. The molecule has 0 radical (unpaired) electrons. The third kappa shape index (κ3) is 5.65. The van der Waals surface area contributed by atoms with E-state index in [0.717, 1.165) is 47.3 Å². The first kappa shape index (κ1) is 22.6. The zero-order chi connectivity index (χ0) is 21.4. The Morgan fingerprint density at radius 2 is 2.17 bits per heavy atom. The summed E-state index contributed by atoms with van der Waals surface area (Å²) in [6.07, 6.45) is 7.60. The van der Waals surface area contributed by atoms with E-state index in [-0.39, 0.29) is 6.04 Å². The molecule has 1 aromatic rings. The van der Waals surface area contributed by atoms with Crippen LogP contribution in [0.1, 0.15) is 44.7 Å². The number of nitrogens with zero attached hydrogens (tertiary/aromatic N) is 2. The average Bonchev–Trinajstić information content (AvgIpc) is 3.09. The zero-order valence-corrected chi connectivity index (χ0v) is 17.5. The number of halogens is 2. The Labute approximate surface area is 171 Å². The second-order valence-electron chi connectivity index (χ2n) is 7.07. The van der Waals surface area contributed by atoms with E-state index < -0.39 is 13.0 Å². The first-order valence-corrected chi connectivity index (χ1v) is 9.90. The van der Waals surface area contributed by atoms with Gasteiger partial charge in [-0.05, 0) is 43.6 Å². The average molecular weight is 405 g/mol. The molecule has 7 heteroatoms. The lowest BCUT2D eigenvalue weighted by Gasteiger charge is -2.29. The van der Waals surface area contributed by atoms with Gasteiger partial charge < -0.3 is 15.5 Å². The van der Waals surface area contributed by atoms with Crippen LogP contribution in [0.3, 0.4) is 0 Å². The van der Waals surface area contributed by atoms with Gasteiger partial charge in [0.25, 0.3) is 6.43 Å². The highest BCUT2D eigenvalue weighted by atomic mass is 19.3. The van der Waals surface area contributed by atoms with Gasteiger partial charge in [0.15, 0.2) is 0 Å². The molecule has 1 aliphatic rings. The maximum Gasteiger partial charge on any atom is 0.255 e. The Bertz CT molecular complexity index is 802. The number of nitrogens with one attached hydrogen (secondary N) is 2. The van der Waals surface area contributed by atoms with Gasteiger partial charge in [-0.2, -0.15) is 0 Å². The highest BCUT2D eigenvalue weighted by Gasteiger charge is 2.30. The van der Waals surface area contributed by atoms with E-state index >= 15 is 0 Å². The topological polar surface area (TPSA) is 57.3 Å². The number of hydrogen-bond donors (Lipinski definition) is 2. The number of aromatic nitrogens is 1. The number of rotatable bonds is 10. The number of allylic oxidation sites excluding steroid dienone is 2. The normalized spacial score (nSPS) is 16.9. The molecule has 0 spiro atoms. The number of pyridine rings is 1. The van der Waals surface area contributed by atoms with Crippen molar-refractivity contribution in [2.45, 2.75) is 52.6 Å². The Kier molecular flexibility index (Phi) is 8.36. The highest BCUT2D eigenvalue weighted by Crippen LogP contribution is 2.39. The molecule has 0 saturated carbocycles. The van der Waals surface area contributed by atoms with Crippen LogP contribution >= 0.6 is 0 Å². The molecular weight excluding hydrogens is 374 g/mol. The summed E-state index contributed by atoms with van der Waals surface area (Å²) in [6.45, 7) is 6.06. The first-order valence-electron chi connectivity index (χ1n) is 9.90. The van der Waals surface area contributed by atoms with Crippen molar-refractivity contribution in [3.8, 4) is 0 Å². The summed E-state index contributed by atoms with van der Waals surface area (Å²) < 4.78 is 25.2. The summed E-state index contributed by atoms with van der Waals surface area (Å²) in [5.74, 6) is 0.834. The summed E-state index contributed by atoms with van der Waals surface area (Å²) in [7, 11) is 1.85. The van der Waals surface area contributed by atoms with Crippen LogP contribution in [-0.4, -0.2) is 42.2 Å². The molecule has 1 atom stereocenters. The van der Waals surface area contributed by atoms with Crippen LogP contribution < -0.4 is 10.6 Å². The van der Waals surface area contributed by atoms with Crippen LogP contribution in [0.5, 0.6) is 0 Å². The first-order chi connectivity index (χ1) is 13.9. The minimum atomic E-state index is -2.45. The van der Waals surface area contributed by atoms with Gasteiger partial charge >= 0.3 is 0 Å². The molecule has 0 aromatic carbocycles. The van der Waals surface area contributed by atoms with Crippen molar-refractivity contribution in [2.75, 3.05) is 18.9 Å². The summed E-state index contributed by atoms with van der Waals surface area (Å²) in [4.78, 5) is 17.8. The second-order valence-corrected chi connectivity index (χ2v) is 7.07. The molecule has 0 saturated heterocycles. The van der Waals surface area contributed by atoms with E-state index in [2.05, 4.69) is 33.5 Å². The lowest BCUT2D eigenvalue weighted by Crippen LogP contribution is -2.30. The van der Waals surface area contributed by atoms with Crippen LogP contribution in [0.2, 0.25) is 0 Å². The van der Waals surface area contributed by atoms with Crippen molar-refractivity contribution in [3.63, 3.8) is 0 Å². The number of hydrogen-bond acceptors (Lipinski definition) is 5. The number of aldehydes is 1. The molecular formula is C22H30F2N4O. The standard InChI is InChI=1S/C22H30F2N4O/c1-5-6-7-20-18-8-9-27-22(25-4)19(18)13-28(20)16(3)17(10-15(2)14-29)11-26-12-21(23)24/h7-11,14,16,21,26H,5-6,12-13H2,1-4H3,(H,25,27)/b15-10?,17-11?,20-7+. The minimum Gasteiger partial charge on any atom is -0.385 e. The Morgan fingerprint density at radius 1 is 1.41 bits per heavy atom. The molecule has 1 aliphatic heterocycles. The fourth-order valence-corrected chi connectivity index (χ4v) is 3.40. The number of carbonyl (C=O) groups excluding carboxylic acids is 1. The number of unbranched alkanes of at least 4 members (excludes halogenated alkanes) is 1. The molecule has 2 heterocycles. The number of carbonyl (C=O) groups is 1. The molecule has 1 unspecified atom stereocenters. The quantitative estimate of drug-likeness (QED) is 0.345. The van der Waals surface area contributed by atoms with Crippen LogP contribution in [0.25, 0.3) is 5.70 Å². The molecule has 1 aromatic heterocycles. The van der Waals surface area contributed by atoms with Crippen molar-refractivity contribution < 1.29 is 13.6 Å². The SMILES string of the molecule is CCC/C=C1\c2ccnc(NC)c2CN1C(C)C(C=C(C)C=O)=CNCC(F)F. The van der Waals surface area contributed by atoms with Crippen LogP contribution in [-0.2, 0) is 11.3 Å². The molecule has 0 amide bonds. The zero-order valence-electron chi connectivity index (χ0n) is 17.5. The van der Waals surface area contributed by atoms with Gasteiger partial charge in [0, 0.05) is 42.8 Å². The smallest absolute Gasteiger partial charge is 0.255 e. The van der Waals surface area contributed by atoms with Crippen LogP contribution in [0, 0.1) is 0 Å². The summed E-state index contributed by atoms with van der Waals surface area (Å²) in [5, 5.41) is 5.82. The molecule has 2 N–H and O–H groups in total. The Morgan fingerprint density at radius 3 is 2.79 bits per heavy atom. The number of fused-ring (bicyclic) bond motifs is 1. The third-order valence-corrected chi connectivity index (χ3v) is 4.90.